The van der Waals surface area contributed by atoms with E-state index in [2.05, 4.69) is 74.6 Å². The number of fused-ring (bicyclic) bond motifs is 8. The van der Waals surface area contributed by atoms with Crippen molar-refractivity contribution in [1.29, 1.82) is 0 Å². The molecule has 0 radical (unpaired) electrons. The average molecular weight is 843 g/mol. The van der Waals surface area contributed by atoms with Gasteiger partial charge in [-0.1, -0.05) is 0 Å². The van der Waals surface area contributed by atoms with E-state index in [0.717, 1.165) is 103 Å². The number of ether oxygens (including phenoxy) is 1. The number of hydrogen-bond donors (Lipinski definition) is 3. The summed E-state index contributed by atoms with van der Waals surface area (Å²) in [7, 11) is 8.13. The van der Waals surface area contributed by atoms with Crippen molar-refractivity contribution in [2.24, 2.45) is 21.8 Å². The van der Waals surface area contributed by atoms with Crippen LogP contribution in [0.4, 0.5) is 34.4 Å². The quantitative estimate of drug-likeness (QED) is 0.121. The fourth-order valence-electron chi connectivity index (χ4n) is 8.57. The highest BCUT2D eigenvalue weighted by Gasteiger charge is 2.31. The normalized spacial score (nSPS) is 17.0. The van der Waals surface area contributed by atoms with Crippen LogP contribution in [-0.4, -0.2) is 84.2 Å². The first-order valence-corrected chi connectivity index (χ1v) is 21.8. The van der Waals surface area contributed by atoms with Gasteiger partial charge in [-0.3, -0.25) is 19.6 Å². The zero-order valence-corrected chi connectivity index (χ0v) is 35.8. The molecular weight excluding hydrogens is 797 g/mol. The van der Waals surface area contributed by atoms with Gasteiger partial charge in [0.1, 0.15) is 34.0 Å². The summed E-state index contributed by atoms with van der Waals surface area (Å²) in [5.74, 6) is 0.408. The first kappa shape index (κ1) is 39.5. The molecule has 2 aliphatic heterocycles. The number of carboxylic acids is 1. The Labute approximate surface area is 355 Å². The Hall–Kier alpha value is -6.00. The van der Waals surface area contributed by atoms with Crippen molar-refractivity contribution < 1.29 is 19.4 Å². The number of benzene rings is 2. The maximum Gasteiger partial charge on any atom is 0.309 e. The highest BCUT2D eigenvalue weighted by molar-refractivity contribution is 7.19. The van der Waals surface area contributed by atoms with Gasteiger partial charge in [0.05, 0.1) is 65.1 Å². The lowest BCUT2D eigenvalue weighted by Crippen LogP contribution is -2.23. The van der Waals surface area contributed by atoms with E-state index in [1.165, 1.54) is 27.1 Å². The number of esters is 1. The summed E-state index contributed by atoms with van der Waals surface area (Å²) in [5.41, 5.74) is 11.3. The third-order valence-corrected chi connectivity index (χ3v) is 14.0. The van der Waals surface area contributed by atoms with Crippen LogP contribution in [0.2, 0.25) is 0 Å². The highest BCUT2D eigenvalue weighted by atomic mass is 32.1. The van der Waals surface area contributed by atoms with E-state index in [1.807, 2.05) is 47.5 Å². The van der Waals surface area contributed by atoms with Crippen molar-refractivity contribution in [1.82, 2.24) is 19.9 Å². The number of carboxylic acid groups (broad SMARTS) is 1. The van der Waals surface area contributed by atoms with Gasteiger partial charge in [-0.05, 0) is 103 Å². The number of carbonyl (C=O) groups excluding carboxylic acids is 1. The van der Waals surface area contributed by atoms with Gasteiger partial charge in [-0.15, -0.1) is 22.7 Å². The number of anilines is 6. The number of nitrogens with zero attached hydrogens (tertiary/aromatic N) is 8. The van der Waals surface area contributed by atoms with Crippen LogP contribution < -0.4 is 20.4 Å². The van der Waals surface area contributed by atoms with Gasteiger partial charge in [0, 0.05) is 50.4 Å². The number of nitrogens with one attached hydrogen (secondary N) is 2. The Morgan fingerprint density at radius 1 is 0.733 bits per heavy atom. The molecular formula is C44H46N10O4S2. The summed E-state index contributed by atoms with van der Waals surface area (Å²) in [6, 6.07) is 8.62. The number of aromatic nitrogens is 4. The molecule has 2 atom stereocenters. The number of aliphatic carboxylic acids is 1. The second kappa shape index (κ2) is 16.2. The molecule has 0 unspecified atom stereocenters. The van der Waals surface area contributed by atoms with E-state index in [-0.39, 0.29) is 17.8 Å². The Morgan fingerprint density at radius 3 is 1.68 bits per heavy atom. The van der Waals surface area contributed by atoms with E-state index in [4.69, 9.17) is 4.74 Å². The molecule has 60 heavy (non-hydrogen) atoms. The zero-order valence-electron chi connectivity index (χ0n) is 34.2. The van der Waals surface area contributed by atoms with Gasteiger partial charge >= 0.3 is 11.9 Å². The van der Waals surface area contributed by atoms with E-state index >= 15 is 0 Å². The predicted molar refractivity (Wildman–Crippen MR) is 241 cm³/mol. The Bertz CT molecular complexity index is 2740. The van der Waals surface area contributed by atoms with Crippen LogP contribution in [0.15, 0.2) is 46.9 Å². The van der Waals surface area contributed by atoms with Gasteiger partial charge in [0.25, 0.3) is 0 Å². The highest BCUT2D eigenvalue weighted by Crippen LogP contribution is 2.44. The molecule has 0 spiro atoms. The van der Waals surface area contributed by atoms with Crippen molar-refractivity contribution in [3.63, 3.8) is 0 Å². The van der Waals surface area contributed by atoms with E-state index in [9.17, 15) is 14.7 Å². The molecule has 4 aromatic heterocycles. The zero-order chi connectivity index (χ0) is 41.7. The molecule has 6 aromatic rings. The third kappa shape index (κ3) is 7.42. The molecule has 10 rings (SSSR count). The lowest BCUT2D eigenvalue weighted by atomic mass is 9.88. The molecule has 2 aliphatic carbocycles. The molecule has 6 heterocycles. The minimum Gasteiger partial charge on any atom is -0.481 e. The topological polar surface area (TPSA) is 170 Å². The average Bonchev–Trinajstić information content (AvgIpc) is 4.04. The van der Waals surface area contributed by atoms with Crippen LogP contribution in [-0.2, 0) is 53.1 Å². The first-order valence-electron chi connectivity index (χ1n) is 20.2. The maximum atomic E-state index is 12.3. The molecule has 0 saturated heterocycles. The minimum atomic E-state index is -0.715. The third-order valence-electron chi connectivity index (χ3n) is 11.6. The number of hydrogen-bond acceptors (Lipinski definition) is 15. The largest absolute Gasteiger partial charge is 0.481 e. The Morgan fingerprint density at radius 2 is 1.22 bits per heavy atom. The van der Waals surface area contributed by atoms with E-state index < -0.39 is 5.97 Å². The SMILES string of the molecule is CCOC(=O)[C@H]1CCc2c(sc3ncnc(Nc4cc5c(cc4N(C)C)CN=C5)c23)C1.CN(C)c1cc2c(cc1Nc1ncnc3sc4c(c13)CC[C@H](C(=O)O)C4)C=NC2. The smallest absolute Gasteiger partial charge is 0.309 e. The minimum absolute atomic E-state index is 0.0683. The molecule has 2 aromatic carbocycles. The van der Waals surface area contributed by atoms with Gasteiger partial charge < -0.3 is 30.3 Å². The summed E-state index contributed by atoms with van der Waals surface area (Å²) in [4.78, 5) is 59.0. The number of aliphatic imine (C=N–C) groups is 2. The molecule has 0 saturated carbocycles. The number of rotatable bonds is 9. The number of aryl methyl sites for hydroxylation is 2. The van der Waals surface area contributed by atoms with Crippen molar-refractivity contribution in [3.8, 4) is 0 Å². The molecule has 16 heteroatoms. The molecule has 308 valence electrons. The van der Waals surface area contributed by atoms with Crippen LogP contribution in [0.5, 0.6) is 0 Å². The number of thiophene rings is 2. The number of carbonyl (C=O) groups is 2. The Kier molecular flexibility index (Phi) is 10.7. The lowest BCUT2D eigenvalue weighted by Gasteiger charge is -2.22. The van der Waals surface area contributed by atoms with Crippen molar-refractivity contribution in [2.75, 3.05) is 55.2 Å². The fourth-order valence-corrected chi connectivity index (χ4v) is 11.1. The second-order valence-electron chi connectivity index (χ2n) is 15.9. The molecule has 0 fully saturated rings. The van der Waals surface area contributed by atoms with Crippen LogP contribution in [0.1, 0.15) is 62.9 Å². The summed E-state index contributed by atoms with van der Waals surface area (Å²) in [6.07, 6.45) is 11.3. The lowest BCUT2D eigenvalue weighted by molar-refractivity contribution is -0.148. The van der Waals surface area contributed by atoms with Crippen LogP contribution in [0.25, 0.3) is 20.4 Å². The van der Waals surface area contributed by atoms with Crippen molar-refractivity contribution in [2.45, 2.75) is 58.5 Å². The second-order valence-corrected chi connectivity index (χ2v) is 18.1. The van der Waals surface area contributed by atoms with Crippen LogP contribution in [0, 0.1) is 11.8 Å². The fraction of sp³-hybridized carbons (Fsp3) is 0.364. The first-order chi connectivity index (χ1) is 29.1. The van der Waals surface area contributed by atoms with Gasteiger partial charge in [0.15, 0.2) is 0 Å². The van der Waals surface area contributed by atoms with Gasteiger partial charge in [-0.25, -0.2) is 19.9 Å². The molecule has 0 bridgehead atoms. The molecule has 0 amide bonds. The summed E-state index contributed by atoms with van der Waals surface area (Å²) >= 11 is 3.25. The van der Waals surface area contributed by atoms with Crippen LogP contribution >= 0.6 is 22.7 Å². The van der Waals surface area contributed by atoms with Gasteiger partial charge in [-0.2, -0.15) is 0 Å². The predicted octanol–water partition coefficient (Wildman–Crippen LogP) is 7.72. The van der Waals surface area contributed by atoms with Crippen molar-refractivity contribution >= 4 is 102 Å². The summed E-state index contributed by atoms with van der Waals surface area (Å²) in [5, 5.41) is 18.6. The maximum absolute atomic E-state index is 12.3. The van der Waals surface area contributed by atoms with E-state index in [1.54, 1.807) is 35.3 Å². The van der Waals surface area contributed by atoms with Crippen LogP contribution in [0.3, 0.4) is 0 Å². The van der Waals surface area contributed by atoms with Gasteiger partial charge in [0.2, 0.25) is 0 Å². The Balaban J connectivity index is 0.000000154. The summed E-state index contributed by atoms with van der Waals surface area (Å²) < 4.78 is 5.26. The van der Waals surface area contributed by atoms with E-state index in [0.29, 0.717) is 25.9 Å². The standard InChI is InChI=1S/C23H25N5O2S.C21H21N5O2S/c1-4-30-23(29)13-5-6-16-19(9-13)31-22-20(16)21(25-12-26-22)27-17-7-14-10-24-11-15(14)8-18(17)28(2)3;1-26(2)16-6-13-9-22-8-12(13)5-15(16)25-19-18-14-4-3-11(21(27)28)7-17(14)29-20(18)24-10-23-19/h7-8,10,12-13H,4-6,9,11H2,1-3H3,(H,25,26,27);5-6,8,10-11H,3-4,7,9H2,1-2H3,(H,27,28)(H,23,24,25)/t13-;11-/m00/s1. The molecule has 4 aliphatic rings. The molecule has 14 nitrogen and oxygen atoms in total. The summed E-state index contributed by atoms with van der Waals surface area (Å²) in [6.45, 7) is 3.73. The van der Waals surface area contributed by atoms with Crippen molar-refractivity contribution in [3.05, 3.63) is 80.1 Å². The molecule has 3 N–H and O–H groups in total. The monoisotopic (exact) mass is 842 g/mol.